The lowest BCUT2D eigenvalue weighted by atomic mass is 9.68. The van der Waals surface area contributed by atoms with E-state index in [0.29, 0.717) is 40.9 Å². The number of carbonyl (C=O) groups excluding carboxylic acids is 3. The lowest BCUT2D eigenvalue weighted by molar-refractivity contribution is -0.152. The van der Waals surface area contributed by atoms with E-state index in [1.165, 1.54) is 23.5 Å². The fourth-order valence-corrected chi connectivity index (χ4v) is 5.97. The van der Waals surface area contributed by atoms with Crippen molar-refractivity contribution in [3.8, 4) is 0 Å². The van der Waals surface area contributed by atoms with Crippen molar-refractivity contribution in [1.29, 1.82) is 0 Å². The summed E-state index contributed by atoms with van der Waals surface area (Å²) in [5.41, 5.74) is 2.64. The number of carbonyl (C=O) groups is 3. The molecule has 8 heteroatoms. The number of allylic oxidation sites excluding steroid dienone is 3. The van der Waals surface area contributed by atoms with Gasteiger partial charge in [-0.1, -0.05) is 31.5 Å². The summed E-state index contributed by atoms with van der Waals surface area (Å²) in [5, 5.41) is 5.31. The van der Waals surface area contributed by atoms with E-state index < -0.39 is 29.6 Å². The van der Waals surface area contributed by atoms with E-state index in [9.17, 15) is 18.8 Å². The highest BCUT2D eigenvalue weighted by Gasteiger charge is 2.49. The second-order valence-corrected chi connectivity index (χ2v) is 9.76. The summed E-state index contributed by atoms with van der Waals surface area (Å²) in [6, 6.07) is 9.60. The van der Waals surface area contributed by atoms with Gasteiger partial charge in [-0.2, -0.15) is 0 Å². The van der Waals surface area contributed by atoms with Crippen molar-refractivity contribution in [3.63, 3.8) is 0 Å². The quantitative estimate of drug-likeness (QED) is 0.379. The Balaban J connectivity index is 1.91. The Morgan fingerprint density at radius 3 is 2.42 bits per heavy atom. The van der Waals surface area contributed by atoms with Crippen LogP contribution in [0.2, 0.25) is 0 Å². The van der Waals surface area contributed by atoms with Crippen molar-refractivity contribution in [1.82, 2.24) is 5.32 Å². The lowest BCUT2D eigenvalue weighted by Crippen LogP contribution is -2.43. The lowest BCUT2D eigenvalue weighted by Gasteiger charge is -2.39. The molecule has 0 saturated heterocycles. The number of esters is 2. The SMILES string of the molecule is CCCC1=C(C(=O)OCC)[C@@H](c2ccc(F)cc2)C2=C(C[C@@H](c3cccs3)[C@@H](C(=O)OCC)C2=O)N1. The highest BCUT2D eigenvalue weighted by molar-refractivity contribution is 7.10. The fourth-order valence-electron chi connectivity index (χ4n) is 5.11. The van der Waals surface area contributed by atoms with Gasteiger partial charge < -0.3 is 14.8 Å². The van der Waals surface area contributed by atoms with Gasteiger partial charge in [-0.25, -0.2) is 9.18 Å². The molecule has 36 heavy (non-hydrogen) atoms. The maximum absolute atomic E-state index is 14.2. The van der Waals surface area contributed by atoms with Crippen LogP contribution < -0.4 is 5.32 Å². The molecule has 2 aliphatic rings. The van der Waals surface area contributed by atoms with Crippen LogP contribution >= 0.6 is 11.3 Å². The first-order chi connectivity index (χ1) is 17.4. The zero-order valence-corrected chi connectivity index (χ0v) is 21.5. The predicted octanol–water partition coefficient (Wildman–Crippen LogP) is 5.38. The molecule has 0 saturated carbocycles. The van der Waals surface area contributed by atoms with Gasteiger partial charge in [0.15, 0.2) is 5.78 Å². The summed E-state index contributed by atoms with van der Waals surface area (Å²) in [6.45, 7) is 5.76. The second-order valence-electron chi connectivity index (χ2n) is 8.78. The largest absolute Gasteiger partial charge is 0.465 e. The van der Waals surface area contributed by atoms with Gasteiger partial charge in [0.1, 0.15) is 11.7 Å². The molecule has 0 amide bonds. The first-order valence-electron chi connectivity index (χ1n) is 12.3. The van der Waals surface area contributed by atoms with Gasteiger partial charge in [-0.3, -0.25) is 9.59 Å². The number of benzene rings is 1. The molecule has 0 radical (unpaired) electrons. The number of hydrogen-bond acceptors (Lipinski definition) is 7. The average molecular weight is 512 g/mol. The first kappa shape index (κ1) is 25.8. The van der Waals surface area contributed by atoms with Crippen molar-refractivity contribution in [2.75, 3.05) is 13.2 Å². The minimum atomic E-state index is -1.04. The van der Waals surface area contributed by atoms with E-state index in [-0.39, 0.29) is 24.9 Å². The Bertz CT molecular complexity index is 1200. The first-order valence-corrected chi connectivity index (χ1v) is 13.2. The molecule has 0 unspecified atom stereocenters. The Kier molecular flexibility index (Phi) is 8.04. The number of rotatable bonds is 8. The molecule has 0 fully saturated rings. The molecule has 3 atom stereocenters. The number of dihydropyridines is 1. The normalized spacial score (nSPS) is 21.7. The van der Waals surface area contributed by atoms with Crippen molar-refractivity contribution in [3.05, 3.63) is 80.6 Å². The Labute approximate surface area is 214 Å². The van der Waals surface area contributed by atoms with Crippen LogP contribution in [0.4, 0.5) is 4.39 Å². The maximum Gasteiger partial charge on any atom is 0.336 e. The summed E-state index contributed by atoms with van der Waals surface area (Å²) >= 11 is 1.49. The van der Waals surface area contributed by atoms with Gasteiger partial charge >= 0.3 is 11.9 Å². The molecular formula is C28H30FNO5S. The molecule has 1 N–H and O–H groups in total. The number of ether oxygens (including phenoxy) is 2. The van der Waals surface area contributed by atoms with E-state index in [4.69, 9.17) is 9.47 Å². The summed E-state index contributed by atoms with van der Waals surface area (Å²) in [4.78, 5) is 41.5. The van der Waals surface area contributed by atoms with Gasteiger partial charge in [0.05, 0.1) is 18.8 Å². The second kappa shape index (κ2) is 11.2. The Morgan fingerprint density at radius 1 is 1.08 bits per heavy atom. The van der Waals surface area contributed by atoms with E-state index in [0.717, 1.165) is 11.3 Å². The van der Waals surface area contributed by atoms with Crippen LogP contribution in [0.5, 0.6) is 0 Å². The summed E-state index contributed by atoms with van der Waals surface area (Å²) in [6.07, 6.45) is 1.74. The third-order valence-electron chi connectivity index (χ3n) is 6.55. The molecular weight excluding hydrogens is 481 g/mol. The standard InChI is InChI=1S/C28H30FNO5S/c1-4-8-19-25(28(33)35-6-3)22(16-10-12-17(29)13-11-16)24-20(30-19)15-18(21-9-7-14-36-21)23(26(24)31)27(32)34-5-2/h7,9-14,18,22-23,30H,4-6,8,15H2,1-3H3/t18-,22-,23+/m0/s1. The fraction of sp³-hybridized carbons (Fsp3) is 0.393. The van der Waals surface area contributed by atoms with E-state index in [1.54, 1.807) is 26.0 Å². The molecule has 1 aromatic carbocycles. The van der Waals surface area contributed by atoms with E-state index >= 15 is 0 Å². The molecule has 6 nitrogen and oxygen atoms in total. The third kappa shape index (κ3) is 4.87. The monoisotopic (exact) mass is 511 g/mol. The number of hydrogen-bond donors (Lipinski definition) is 1. The summed E-state index contributed by atoms with van der Waals surface area (Å²) in [7, 11) is 0. The minimum absolute atomic E-state index is 0.153. The van der Waals surface area contributed by atoms with Crippen LogP contribution in [0.15, 0.2) is 64.3 Å². The van der Waals surface area contributed by atoms with Crippen LogP contribution in [0.25, 0.3) is 0 Å². The molecule has 2 heterocycles. The molecule has 190 valence electrons. The topological polar surface area (TPSA) is 81.7 Å². The summed E-state index contributed by atoms with van der Waals surface area (Å²) < 4.78 is 24.6. The number of Topliss-reactive ketones (excluding diaryl/α,β-unsaturated/α-hetero) is 1. The Morgan fingerprint density at radius 2 is 1.81 bits per heavy atom. The summed E-state index contributed by atoms with van der Waals surface area (Å²) in [5.74, 6) is -4.12. The maximum atomic E-state index is 14.2. The number of thiophene rings is 1. The zero-order chi connectivity index (χ0) is 25.8. The average Bonchev–Trinajstić information content (AvgIpc) is 3.39. The van der Waals surface area contributed by atoms with Crippen molar-refractivity contribution in [2.24, 2.45) is 5.92 Å². The zero-order valence-electron chi connectivity index (χ0n) is 20.6. The van der Waals surface area contributed by atoms with Gasteiger partial charge in [-0.15, -0.1) is 11.3 Å². The molecule has 1 aromatic heterocycles. The molecule has 4 rings (SSSR count). The van der Waals surface area contributed by atoms with Crippen LogP contribution in [-0.4, -0.2) is 30.9 Å². The molecule has 0 spiro atoms. The van der Waals surface area contributed by atoms with Crippen molar-refractivity contribution in [2.45, 2.75) is 51.9 Å². The minimum Gasteiger partial charge on any atom is -0.465 e. The highest BCUT2D eigenvalue weighted by atomic mass is 32.1. The predicted molar refractivity (Wildman–Crippen MR) is 135 cm³/mol. The number of halogens is 1. The smallest absolute Gasteiger partial charge is 0.336 e. The van der Waals surface area contributed by atoms with Gasteiger partial charge in [-0.05, 0) is 55.8 Å². The molecule has 2 aromatic rings. The van der Waals surface area contributed by atoms with E-state index in [2.05, 4.69) is 5.32 Å². The third-order valence-corrected chi connectivity index (χ3v) is 7.56. The Hall–Kier alpha value is -3.26. The number of nitrogens with one attached hydrogen (secondary N) is 1. The molecule has 0 bridgehead atoms. The molecule has 1 aliphatic carbocycles. The van der Waals surface area contributed by atoms with Gasteiger partial charge in [0.2, 0.25) is 0 Å². The van der Waals surface area contributed by atoms with Crippen LogP contribution in [0.1, 0.15) is 62.3 Å². The highest BCUT2D eigenvalue weighted by Crippen LogP contribution is 2.49. The van der Waals surface area contributed by atoms with E-state index in [1.807, 2.05) is 24.4 Å². The van der Waals surface area contributed by atoms with Gasteiger partial charge in [0, 0.05) is 33.7 Å². The van der Waals surface area contributed by atoms with Crippen LogP contribution in [-0.2, 0) is 23.9 Å². The van der Waals surface area contributed by atoms with Gasteiger partial charge in [0.25, 0.3) is 0 Å². The van der Waals surface area contributed by atoms with Crippen LogP contribution in [0, 0.1) is 11.7 Å². The van der Waals surface area contributed by atoms with Crippen LogP contribution in [0.3, 0.4) is 0 Å². The van der Waals surface area contributed by atoms with Crippen molar-refractivity contribution >= 4 is 29.1 Å². The molecule has 1 aliphatic heterocycles. The number of ketones is 1. The van der Waals surface area contributed by atoms with Crippen molar-refractivity contribution < 1.29 is 28.2 Å².